The van der Waals surface area contributed by atoms with Gasteiger partial charge in [-0.15, -0.1) is 0 Å². The molecule has 4 aromatic heterocycles. The van der Waals surface area contributed by atoms with Gasteiger partial charge in [0.15, 0.2) is 17.5 Å². The maximum atomic E-state index is 4.95. The van der Waals surface area contributed by atoms with Crippen LogP contribution in [0.3, 0.4) is 0 Å². The third-order valence-corrected chi connectivity index (χ3v) is 9.14. The van der Waals surface area contributed by atoms with Crippen molar-refractivity contribution in [1.82, 2.24) is 29.9 Å². The average molecular weight is 667 g/mol. The predicted molar refractivity (Wildman–Crippen MR) is 209 cm³/mol. The summed E-state index contributed by atoms with van der Waals surface area (Å²) in [5, 5.41) is 1.07. The summed E-state index contributed by atoms with van der Waals surface area (Å²) in [6.07, 6.45) is 5.33. The number of nitrogens with zero attached hydrogens (tertiary/aromatic N) is 6. The highest BCUT2D eigenvalue weighted by Crippen LogP contribution is 2.40. The van der Waals surface area contributed by atoms with E-state index in [9.17, 15) is 0 Å². The van der Waals surface area contributed by atoms with Crippen LogP contribution in [-0.2, 0) is 0 Å². The topological polar surface area (TPSA) is 77.3 Å². The summed E-state index contributed by atoms with van der Waals surface area (Å²) in [6.45, 7) is 0. The van der Waals surface area contributed by atoms with Crippen LogP contribution in [0.15, 0.2) is 182 Å². The zero-order valence-electron chi connectivity index (χ0n) is 28.0. The predicted octanol–water partition coefficient (Wildman–Crippen LogP) is 10.9. The van der Waals surface area contributed by atoms with E-state index < -0.39 is 0 Å². The van der Waals surface area contributed by atoms with Gasteiger partial charge < -0.3 is 0 Å². The van der Waals surface area contributed by atoms with Crippen LogP contribution >= 0.6 is 0 Å². The van der Waals surface area contributed by atoms with Crippen molar-refractivity contribution in [3.8, 4) is 78.9 Å². The summed E-state index contributed by atoms with van der Waals surface area (Å²) in [5.74, 6) is 1.50. The second-order valence-corrected chi connectivity index (χ2v) is 12.4. The van der Waals surface area contributed by atoms with Gasteiger partial charge in [-0.2, -0.15) is 0 Å². The first kappa shape index (κ1) is 30.8. The zero-order valence-corrected chi connectivity index (χ0v) is 28.0. The second-order valence-electron chi connectivity index (χ2n) is 12.4. The van der Waals surface area contributed by atoms with Gasteiger partial charge in [0.1, 0.15) is 11.4 Å². The minimum absolute atomic E-state index is 0.482. The van der Waals surface area contributed by atoms with Gasteiger partial charge in [0.2, 0.25) is 0 Å². The largest absolute Gasteiger partial charge is 0.256 e. The highest BCUT2D eigenvalue weighted by atomic mass is 15.1. The normalized spacial score (nSPS) is 11.1. The molecule has 52 heavy (non-hydrogen) atoms. The van der Waals surface area contributed by atoms with E-state index in [0.717, 1.165) is 44.3 Å². The van der Waals surface area contributed by atoms with E-state index in [1.54, 1.807) is 12.4 Å². The highest BCUT2D eigenvalue weighted by molar-refractivity contribution is 5.99. The van der Waals surface area contributed by atoms with Crippen LogP contribution in [-0.4, -0.2) is 29.9 Å². The summed E-state index contributed by atoms with van der Waals surface area (Å²) in [6, 6.07) is 56.1. The number of rotatable bonds is 7. The first-order valence-electron chi connectivity index (χ1n) is 17.1. The molecule has 6 nitrogen and oxygen atoms in total. The lowest BCUT2D eigenvalue weighted by molar-refractivity contribution is 1.05. The summed E-state index contributed by atoms with van der Waals surface area (Å²) >= 11 is 0. The molecule has 0 fully saturated rings. The van der Waals surface area contributed by atoms with Crippen LogP contribution in [0.4, 0.5) is 0 Å². The fourth-order valence-electron chi connectivity index (χ4n) is 6.64. The zero-order chi connectivity index (χ0) is 34.7. The molecular weight excluding hydrogens is 637 g/mol. The Labute approximate surface area is 301 Å². The Bertz CT molecular complexity index is 2600. The van der Waals surface area contributed by atoms with Gasteiger partial charge in [-0.05, 0) is 75.3 Å². The van der Waals surface area contributed by atoms with Gasteiger partial charge in [-0.1, -0.05) is 127 Å². The number of fused-ring (bicyclic) bond motifs is 1. The van der Waals surface area contributed by atoms with Crippen LogP contribution in [0.1, 0.15) is 0 Å². The van der Waals surface area contributed by atoms with E-state index >= 15 is 0 Å². The number of pyridine rings is 3. The quantitative estimate of drug-likeness (QED) is 0.168. The number of hydrogen-bond donors (Lipinski definition) is 0. The number of para-hydroxylation sites is 1. The lowest BCUT2D eigenvalue weighted by Crippen LogP contribution is -2.02. The molecule has 244 valence electrons. The van der Waals surface area contributed by atoms with Gasteiger partial charge in [0.05, 0.1) is 5.52 Å². The lowest BCUT2D eigenvalue weighted by Gasteiger charge is -2.16. The molecule has 4 heterocycles. The maximum absolute atomic E-state index is 4.95. The highest BCUT2D eigenvalue weighted by Gasteiger charge is 2.18. The van der Waals surface area contributed by atoms with Crippen molar-refractivity contribution in [3.05, 3.63) is 182 Å². The van der Waals surface area contributed by atoms with Crippen molar-refractivity contribution in [3.63, 3.8) is 0 Å². The van der Waals surface area contributed by atoms with Crippen LogP contribution in [0.25, 0.3) is 89.8 Å². The molecule has 6 heteroatoms. The molecule has 9 rings (SSSR count). The molecule has 0 unspecified atom stereocenters. The lowest BCUT2D eigenvalue weighted by atomic mass is 9.89. The Kier molecular flexibility index (Phi) is 8.08. The number of aromatic nitrogens is 6. The number of benzene rings is 5. The Balaban J connectivity index is 1.20. The van der Waals surface area contributed by atoms with Crippen molar-refractivity contribution in [2.45, 2.75) is 0 Å². The van der Waals surface area contributed by atoms with E-state index in [1.165, 1.54) is 16.7 Å². The Hall–Kier alpha value is -7.18. The summed E-state index contributed by atoms with van der Waals surface area (Å²) < 4.78 is 0. The number of hydrogen-bond acceptors (Lipinski definition) is 6. The van der Waals surface area contributed by atoms with Crippen LogP contribution in [0.2, 0.25) is 0 Å². The van der Waals surface area contributed by atoms with Crippen molar-refractivity contribution >= 4 is 10.9 Å². The van der Waals surface area contributed by atoms with E-state index in [1.807, 2.05) is 48.7 Å². The Morgan fingerprint density at radius 3 is 1.42 bits per heavy atom. The minimum Gasteiger partial charge on any atom is -0.256 e. The van der Waals surface area contributed by atoms with Crippen LogP contribution in [0.5, 0.6) is 0 Å². The van der Waals surface area contributed by atoms with Gasteiger partial charge in [0, 0.05) is 35.1 Å². The minimum atomic E-state index is 0.482. The van der Waals surface area contributed by atoms with Crippen molar-refractivity contribution in [1.29, 1.82) is 0 Å². The SMILES string of the molecule is c1ccc(-c2ccccc2-c2ccc(-c3ccc(-c4nc(-c5ccccn5)nc(-c5ccccn5)n4)cc3-c3cccc4cccnc34)cc2)cc1. The molecule has 0 radical (unpaired) electrons. The molecule has 0 aliphatic heterocycles. The van der Waals surface area contributed by atoms with Crippen molar-refractivity contribution < 1.29 is 0 Å². The second kappa shape index (κ2) is 13.6. The smallest absolute Gasteiger partial charge is 0.182 e. The van der Waals surface area contributed by atoms with Gasteiger partial charge in [0.25, 0.3) is 0 Å². The summed E-state index contributed by atoms with van der Waals surface area (Å²) in [4.78, 5) is 28.6. The standard InChI is InChI=1S/C46H30N6/c1-2-12-31(13-3-1)36-16-4-5-17-37(36)32-21-23-33(24-22-32)38-26-25-35(30-40(38)39-18-10-14-34-15-11-29-49-43(34)39)44-50-45(41-19-6-8-27-47-41)52-46(51-44)42-20-7-9-28-48-42/h1-30H. The van der Waals surface area contributed by atoms with Gasteiger partial charge in [-0.25, -0.2) is 15.0 Å². The fraction of sp³-hybridized carbons (Fsp3) is 0. The average Bonchev–Trinajstić information content (AvgIpc) is 3.24. The maximum Gasteiger partial charge on any atom is 0.182 e. The molecule has 9 aromatic rings. The van der Waals surface area contributed by atoms with Crippen molar-refractivity contribution in [2.24, 2.45) is 0 Å². The monoisotopic (exact) mass is 666 g/mol. The Morgan fingerprint density at radius 1 is 0.288 bits per heavy atom. The summed E-state index contributed by atoms with van der Waals surface area (Å²) in [7, 11) is 0. The summed E-state index contributed by atoms with van der Waals surface area (Å²) in [5.41, 5.74) is 12.1. The van der Waals surface area contributed by atoms with Crippen LogP contribution in [0, 0.1) is 0 Å². The molecule has 0 atom stereocenters. The van der Waals surface area contributed by atoms with E-state index in [0.29, 0.717) is 28.9 Å². The molecule has 0 aliphatic rings. The van der Waals surface area contributed by atoms with Gasteiger partial charge >= 0.3 is 0 Å². The fourth-order valence-corrected chi connectivity index (χ4v) is 6.64. The van der Waals surface area contributed by atoms with E-state index in [2.05, 4.69) is 131 Å². The van der Waals surface area contributed by atoms with E-state index in [4.69, 9.17) is 19.9 Å². The Morgan fingerprint density at radius 2 is 0.788 bits per heavy atom. The molecule has 0 spiro atoms. The van der Waals surface area contributed by atoms with Crippen molar-refractivity contribution in [2.75, 3.05) is 0 Å². The van der Waals surface area contributed by atoms with Gasteiger partial charge in [-0.3, -0.25) is 15.0 Å². The third kappa shape index (κ3) is 5.99. The first-order valence-corrected chi connectivity index (χ1v) is 17.1. The molecule has 0 amide bonds. The van der Waals surface area contributed by atoms with Crippen LogP contribution < -0.4 is 0 Å². The third-order valence-electron chi connectivity index (χ3n) is 9.14. The molecule has 5 aromatic carbocycles. The molecule has 0 saturated heterocycles. The molecule has 0 saturated carbocycles. The first-order chi connectivity index (χ1) is 25.8. The molecule has 0 aliphatic carbocycles. The molecular formula is C46H30N6. The molecule has 0 N–H and O–H groups in total. The van der Waals surface area contributed by atoms with E-state index in [-0.39, 0.29) is 0 Å². The molecule has 0 bridgehead atoms.